The van der Waals surface area contributed by atoms with Crippen molar-refractivity contribution in [2.24, 2.45) is 0 Å². The second kappa shape index (κ2) is 6.02. The molecule has 0 aromatic heterocycles. The molecule has 1 aromatic carbocycles. The number of nitrogens with one attached hydrogen (secondary N) is 1. The third-order valence-electron chi connectivity index (χ3n) is 1.53. The van der Waals surface area contributed by atoms with Crippen molar-refractivity contribution in [2.75, 3.05) is 5.32 Å². The summed E-state index contributed by atoms with van der Waals surface area (Å²) >= 11 is 0. The molecular formula is C9H12NNaO2. The summed E-state index contributed by atoms with van der Waals surface area (Å²) < 4.78 is 0. The first-order valence-electron chi connectivity index (χ1n) is 3.74. The van der Waals surface area contributed by atoms with Gasteiger partial charge in [-0.3, -0.25) is 4.79 Å². The van der Waals surface area contributed by atoms with E-state index in [9.17, 15) is 4.79 Å². The molecule has 0 aliphatic carbocycles. The summed E-state index contributed by atoms with van der Waals surface area (Å²) in [5.74, 6) is -0.848. The number of anilines is 1. The smallest absolute Gasteiger partial charge is 1.00 e. The van der Waals surface area contributed by atoms with Crippen molar-refractivity contribution in [1.29, 1.82) is 0 Å². The van der Waals surface area contributed by atoms with E-state index >= 15 is 0 Å². The SMILES string of the molecule is CC(Nc1ccccc1)C(=O)O.[H-].[Na+]. The zero-order valence-electron chi connectivity index (χ0n) is 8.82. The van der Waals surface area contributed by atoms with Gasteiger partial charge in [0.2, 0.25) is 0 Å². The number of carbonyl (C=O) groups is 1. The van der Waals surface area contributed by atoms with Gasteiger partial charge in [-0.1, -0.05) is 18.2 Å². The van der Waals surface area contributed by atoms with E-state index < -0.39 is 12.0 Å². The summed E-state index contributed by atoms with van der Waals surface area (Å²) in [4.78, 5) is 10.4. The van der Waals surface area contributed by atoms with Crippen LogP contribution in [0, 0.1) is 0 Å². The maximum Gasteiger partial charge on any atom is 1.00 e. The molecule has 4 heteroatoms. The Labute approximate surface area is 101 Å². The summed E-state index contributed by atoms with van der Waals surface area (Å²) in [7, 11) is 0. The fourth-order valence-electron chi connectivity index (χ4n) is 0.846. The summed E-state index contributed by atoms with van der Waals surface area (Å²) in [5.41, 5.74) is 0.826. The third-order valence-corrected chi connectivity index (χ3v) is 1.53. The van der Waals surface area contributed by atoms with Gasteiger partial charge >= 0.3 is 35.5 Å². The van der Waals surface area contributed by atoms with E-state index in [4.69, 9.17) is 5.11 Å². The maximum absolute atomic E-state index is 10.4. The Morgan fingerprint density at radius 3 is 2.46 bits per heavy atom. The molecule has 0 amide bonds. The van der Waals surface area contributed by atoms with Crippen LogP contribution in [0.3, 0.4) is 0 Å². The van der Waals surface area contributed by atoms with Gasteiger partial charge in [-0.2, -0.15) is 0 Å². The standard InChI is InChI=1S/C9H11NO2.Na.H/c1-7(9(11)12)10-8-5-3-2-4-6-8;;/h2-7,10H,1H3,(H,11,12);;/q;+1;-1. The molecule has 1 atom stereocenters. The van der Waals surface area contributed by atoms with E-state index in [0.717, 1.165) is 5.69 Å². The molecule has 0 saturated carbocycles. The van der Waals surface area contributed by atoms with Gasteiger partial charge in [-0.15, -0.1) is 0 Å². The minimum absolute atomic E-state index is 0. The van der Waals surface area contributed by atoms with Gasteiger partial charge in [0.1, 0.15) is 6.04 Å². The van der Waals surface area contributed by atoms with E-state index in [1.54, 1.807) is 6.92 Å². The minimum Gasteiger partial charge on any atom is -1.00 e. The van der Waals surface area contributed by atoms with E-state index in [2.05, 4.69) is 5.32 Å². The Morgan fingerprint density at radius 2 is 2.00 bits per heavy atom. The first kappa shape index (κ1) is 12.5. The second-order valence-electron chi connectivity index (χ2n) is 2.57. The van der Waals surface area contributed by atoms with Gasteiger partial charge in [-0.05, 0) is 19.1 Å². The number of hydrogen-bond donors (Lipinski definition) is 2. The van der Waals surface area contributed by atoms with Gasteiger partial charge < -0.3 is 11.8 Å². The summed E-state index contributed by atoms with van der Waals surface area (Å²) in [6.45, 7) is 1.61. The number of para-hydroxylation sites is 1. The third kappa shape index (κ3) is 4.31. The molecule has 66 valence electrons. The van der Waals surface area contributed by atoms with Crippen LogP contribution in [0.5, 0.6) is 0 Å². The predicted octanol–water partition coefficient (Wildman–Crippen LogP) is -1.31. The van der Waals surface area contributed by atoms with Crippen molar-refractivity contribution < 1.29 is 40.9 Å². The summed E-state index contributed by atoms with van der Waals surface area (Å²) in [6.07, 6.45) is 0. The quantitative estimate of drug-likeness (QED) is 0.580. The van der Waals surface area contributed by atoms with E-state index in [0.29, 0.717) is 0 Å². The Balaban J connectivity index is 0. The van der Waals surface area contributed by atoms with Crippen LogP contribution >= 0.6 is 0 Å². The molecule has 1 aromatic rings. The molecular weight excluding hydrogens is 177 g/mol. The Morgan fingerprint density at radius 1 is 1.46 bits per heavy atom. The van der Waals surface area contributed by atoms with Gasteiger partial charge in [0.15, 0.2) is 0 Å². The van der Waals surface area contributed by atoms with E-state index in [1.165, 1.54) is 0 Å². The van der Waals surface area contributed by atoms with Crippen LogP contribution in [0.25, 0.3) is 0 Å². The number of benzene rings is 1. The molecule has 13 heavy (non-hydrogen) atoms. The molecule has 3 nitrogen and oxygen atoms in total. The molecule has 0 bridgehead atoms. The number of carboxylic acids is 1. The van der Waals surface area contributed by atoms with Crippen molar-refractivity contribution in [3.63, 3.8) is 0 Å². The molecule has 1 unspecified atom stereocenters. The topological polar surface area (TPSA) is 49.3 Å². The number of hydrogen-bond acceptors (Lipinski definition) is 2. The van der Waals surface area contributed by atoms with Crippen LogP contribution in [0.1, 0.15) is 8.35 Å². The van der Waals surface area contributed by atoms with Crippen LogP contribution in [-0.4, -0.2) is 17.1 Å². The van der Waals surface area contributed by atoms with Crippen LogP contribution in [-0.2, 0) is 4.79 Å². The van der Waals surface area contributed by atoms with Crippen molar-refractivity contribution >= 4 is 11.7 Å². The van der Waals surface area contributed by atoms with Crippen molar-refractivity contribution in [1.82, 2.24) is 0 Å². The van der Waals surface area contributed by atoms with Crippen LogP contribution in [0.2, 0.25) is 0 Å². The van der Waals surface area contributed by atoms with Gasteiger partial charge in [0.25, 0.3) is 0 Å². The monoisotopic (exact) mass is 189 g/mol. The van der Waals surface area contributed by atoms with Crippen LogP contribution in [0.4, 0.5) is 5.69 Å². The van der Waals surface area contributed by atoms with Crippen molar-refractivity contribution in [3.05, 3.63) is 30.3 Å². The first-order valence-corrected chi connectivity index (χ1v) is 3.74. The fourth-order valence-corrected chi connectivity index (χ4v) is 0.846. The van der Waals surface area contributed by atoms with Crippen LogP contribution < -0.4 is 34.9 Å². The second-order valence-corrected chi connectivity index (χ2v) is 2.57. The Bertz CT molecular complexity index is 269. The number of rotatable bonds is 3. The van der Waals surface area contributed by atoms with Gasteiger partial charge in [0, 0.05) is 5.69 Å². The Hall–Kier alpha value is -0.510. The maximum atomic E-state index is 10.4. The fraction of sp³-hybridized carbons (Fsp3) is 0.222. The largest absolute Gasteiger partial charge is 1.00 e. The first-order chi connectivity index (χ1) is 5.70. The zero-order chi connectivity index (χ0) is 8.97. The van der Waals surface area contributed by atoms with E-state index in [1.807, 2.05) is 30.3 Å². The molecule has 1 rings (SSSR count). The molecule has 0 heterocycles. The molecule has 0 aliphatic rings. The molecule has 0 radical (unpaired) electrons. The van der Waals surface area contributed by atoms with Crippen molar-refractivity contribution in [3.8, 4) is 0 Å². The van der Waals surface area contributed by atoms with Crippen LogP contribution in [0.15, 0.2) is 30.3 Å². The average Bonchev–Trinajstić information content (AvgIpc) is 2.06. The van der Waals surface area contributed by atoms with Gasteiger partial charge in [-0.25, -0.2) is 0 Å². The molecule has 0 saturated heterocycles. The van der Waals surface area contributed by atoms with Gasteiger partial charge in [0.05, 0.1) is 0 Å². The minimum atomic E-state index is -0.848. The zero-order valence-corrected chi connectivity index (χ0v) is 9.82. The number of carboxylic acid groups (broad SMARTS) is 1. The predicted molar refractivity (Wildman–Crippen MR) is 48.3 cm³/mol. The van der Waals surface area contributed by atoms with E-state index in [-0.39, 0.29) is 31.0 Å². The summed E-state index contributed by atoms with van der Waals surface area (Å²) in [5, 5.41) is 11.4. The molecule has 0 spiro atoms. The molecule has 2 N–H and O–H groups in total. The van der Waals surface area contributed by atoms with Crippen molar-refractivity contribution in [2.45, 2.75) is 13.0 Å². The molecule has 0 aliphatic heterocycles. The normalized spacial score (nSPS) is 11.2. The Kier molecular flexibility index (Phi) is 5.79. The molecule has 0 fully saturated rings. The summed E-state index contributed by atoms with van der Waals surface area (Å²) in [6, 6.07) is 8.72. The average molecular weight is 189 g/mol. The number of aliphatic carboxylic acids is 1.